The lowest BCUT2D eigenvalue weighted by atomic mass is 10.00. The molecule has 0 fully saturated rings. The highest BCUT2D eigenvalue weighted by Gasteiger charge is 2.11. The van der Waals surface area contributed by atoms with Gasteiger partial charge >= 0.3 is 0 Å². The van der Waals surface area contributed by atoms with E-state index in [1.54, 1.807) is 12.1 Å². The standard InChI is InChI=1S/C13H21FN2/c1-13(2,15)9-6-10-16(3)12-8-5-4-7-11(12)14/h4-5,7-8H,6,9-10,15H2,1-3H3. The molecule has 1 aromatic rings. The monoisotopic (exact) mass is 224 g/mol. The second kappa shape index (κ2) is 5.30. The van der Waals surface area contributed by atoms with Crippen molar-refractivity contribution in [2.75, 3.05) is 18.5 Å². The second-order valence-corrected chi connectivity index (χ2v) is 4.97. The largest absolute Gasteiger partial charge is 0.372 e. The number of para-hydroxylation sites is 1. The number of benzene rings is 1. The zero-order valence-corrected chi connectivity index (χ0v) is 10.3. The van der Waals surface area contributed by atoms with Crippen LogP contribution in [0, 0.1) is 5.82 Å². The van der Waals surface area contributed by atoms with Crippen molar-refractivity contribution in [3.8, 4) is 0 Å². The molecule has 0 aromatic heterocycles. The van der Waals surface area contributed by atoms with Gasteiger partial charge in [-0.25, -0.2) is 4.39 Å². The van der Waals surface area contributed by atoms with Gasteiger partial charge in [0.05, 0.1) is 5.69 Å². The Balaban J connectivity index is 2.47. The van der Waals surface area contributed by atoms with E-state index in [0.717, 1.165) is 19.4 Å². The highest BCUT2D eigenvalue weighted by atomic mass is 19.1. The molecule has 0 heterocycles. The Kier molecular flexibility index (Phi) is 4.30. The molecule has 1 rings (SSSR count). The number of hydrogen-bond acceptors (Lipinski definition) is 2. The van der Waals surface area contributed by atoms with Gasteiger partial charge in [-0.15, -0.1) is 0 Å². The lowest BCUT2D eigenvalue weighted by Gasteiger charge is -2.23. The number of hydrogen-bond donors (Lipinski definition) is 1. The fourth-order valence-electron chi connectivity index (χ4n) is 1.65. The minimum absolute atomic E-state index is 0.143. The predicted octanol–water partition coefficient (Wildman–Crippen LogP) is 2.78. The lowest BCUT2D eigenvalue weighted by molar-refractivity contribution is 0.460. The highest BCUT2D eigenvalue weighted by molar-refractivity contribution is 5.46. The summed E-state index contributed by atoms with van der Waals surface area (Å²) in [5.41, 5.74) is 6.41. The molecule has 3 heteroatoms. The summed E-state index contributed by atoms with van der Waals surface area (Å²) in [5, 5.41) is 0. The van der Waals surface area contributed by atoms with Crippen molar-refractivity contribution < 1.29 is 4.39 Å². The van der Waals surface area contributed by atoms with Crippen molar-refractivity contribution in [1.29, 1.82) is 0 Å². The van der Waals surface area contributed by atoms with Crippen LogP contribution in [-0.4, -0.2) is 19.1 Å². The van der Waals surface area contributed by atoms with E-state index < -0.39 is 0 Å². The molecule has 16 heavy (non-hydrogen) atoms. The van der Waals surface area contributed by atoms with Crippen molar-refractivity contribution in [3.63, 3.8) is 0 Å². The molecule has 0 saturated carbocycles. The summed E-state index contributed by atoms with van der Waals surface area (Å²) < 4.78 is 13.4. The molecule has 0 aliphatic carbocycles. The number of nitrogens with two attached hydrogens (primary N) is 1. The van der Waals surface area contributed by atoms with Gasteiger partial charge in [0.1, 0.15) is 5.82 Å². The van der Waals surface area contributed by atoms with Crippen LogP contribution in [0.15, 0.2) is 24.3 Å². The fraction of sp³-hybridized carbons (Fsp3) is 0.538. The third-order valence-electron chi connectivity index (χ3n) is 2.58. The fourth-order valence-corrected chi connectivity index (χ4v) is 1.65. The van der Waals surface area contributed by atoms with E-state index in [1.165, 1.54) is 6.07 Å². The molecule has 90 valence electrons. The maximum Gasteiger partial charge on any atom is 0.146 e. The Bertz CT molecular complexity index is 331. The van der Waals surface area contributed by atoms with Crippen molar-refractivity contribution in [3.05, 3.63) is 30.1 Å². The first kappa shape index (κ1) is 13.0. The van der Waals surface area contributed by atoms with Crippen LogP contribution in [0.5, 0.6) is 0 Å². The SMILES string of the molecule is CN(CCCC(C)(C)N)c1ccccc1F. The summed E-state index contributed by atoms with van der Waals surface area (Å²) in [4.78, 5) is 1.93. The van der Waals surface area contributed by atoms with Gasteiger partial charge in [0.25, 0.3) is 0 Å². The smallest absolute Gasteiger partial charge is 0.146 e. The van der Waals surface area contributed by atoms with Crippen LogP contribution in [0.2, 0.25) is 0 Å². The number of anilines is 1. The van der Waals surface area contributed by atoms with Crippen LogP contribution in [0.1, 0.15) is 26.7 Å². The van der Waals surface area contributed by atoms with Gasteiger partial charge in [-0.1, -0.05) is 12.1 Å². The molecule has 0 amide bonds. The maximum absolute atomic E-state index is 13.4. The third kappa shape index (κ3) is 4.19. The zero-order chi connectivity index (χ0) is 12.2. The molecule has 0 radical (unpaired) electrons. The van der Waals surface area contributed by atoms with Gasteiger partial charge in [0, 0.05) is 19.1 Å². The number of rotatable bonds is 5. The van der Waals surface area contributed by atoms with Gasteiger partial charge in [0.2, 0.25) is 0 Å². The van der Waals surface area contributed by atoms with E-state index in [2.05, 4.69) is 0 Å². The van der Waals surface area contributed by atoms with E-state index >= 15 is 0 Å². The Morgan fingerprint density at radius 1 is 1.31 bits per heavy atom. The molecule has 2 N–H and O–H groups in total. The van der Waals surface area contributed by atoms with Crippen LogP contribution in [0.3, 0.4) is 0 Å². The van der Waals surface area contributed by atoms with Crippen LogP contribution in [0.4, 0.5) is 10.1 Å². The van der Waals surface area contributed by atoms with Crippen molar-refractivity contribution >= 4 is 5.69 Å². The van der Waals surface area contributed by atoms with E-state index in [4.69, 9.17) is 5.73 Å². The molecule has 0 unspecified atom stereocenters. The van der Waals surface area contributed by atoms with Gasteiger partial charge < -0.3 is 10.6 Å². The van der Waals surface area contributed by atoms with E-state index in [-0.39, 0.29) is 11.4 Å². The highest BCUT2D eigenvalue weighted by Crippen LogP contribution is 2.18. The molecule has 0 atom stereocenters. The Morgan fingerprint density at radius 3 is 2.50 bits per heavy atom. The molecule has 0 saturated heterocycles. The summed E-state index contributed by atoms with van der Waals surface area (Å²) in [6.45, 7) is 4.84. The van der Waals surface area contributed by atoms with E-state index in [9.17, 15) is 4.39 Å². The summed E-state index contributed by atoms with van der Waals surface area (Å²) >= 11 is 0. The molecule has 2 nitrogen and oxygen atoms in total. The normalized spacial score (nSPS) is 11.6. The van der Waals surface area contributed by atoms with Gasteiger partial charge in [-0.2, -0.15) is 0 Å². The summed E-state index contributed by atoms with van der Waals surface area (Å²) in [6.07, 6.45) is 1.90. The molecular formula is C13H21FN2. The zero-order valence-electron chi connectivity index (χ0n) is 10.3. The molecule has 1 aromatic carbocycles. The van der Waals surface area contributed by atoms with Crippen molar-refractivity contribution in [2.24, 2.45) is 5.73 Å². The van der Waals surface area contributed by atoms with Gasteiger partial charge in [-0.3, -0.25) is 0 Å². The molecule has 0 spiro atoms. The summed E-state index contributed by atoms with van der Waals surface area (Å²) in [7, 11) is 1.90. The average molecular weight is 224 g/mol. The van der Waals surface area contributed by atoms with Crippen LogP contribution >= 0.6 is 0 Å². The second-order valence-electron chi connectivity index (χ2n) is 4.97. The summed E-state index contributed by atoms with van der Waals surface area (Å²) in [5.74, 6) is -0.169. The predicted molar refractivity (Wildman–Crippen MR) is 67.2 cm³/mol. The topological polar surface area (TPSA) is 29.3 Å². The van der Waals surface area contributed by atoms with Crippen molar-refractivity contribution in [1.82, 2.24) is 0 Å². The van der Waals surface area contributed by atoms with Crippen molar-refractivity contribution in [2.45, 2.75) is 32.2 Å². The van der Waals surface area contributed by atoms with E-state index in [0.29, 0.717) is 5.69 Å². The first-order valence-electron chi connectivity index (χ1n) is 5.65. The van der Waals surface area contributed by atoms with Gasteiger partial charge in [0.15, 0.2) is 0 Å². The van der Waals surface area contributed by atoms with Crippen LogP contribution < -0.4 is 10.6 Å². The maximum atomic E-state index is 13.4. The van der Waals surface area contributed by atoms with E-state index in [1.807, 2.05) is 31.9 Å². The Morgan fingerprint density at radius 2 is 1.94 bits per heavy atom. The van der Waals surface area contributed by atoms with Gasteiger partial charge in [-0.05, 0) is 38.8 Å². The summed E-state index contributed by atoms with van der Waals surface area (Å²) in [6, 6.07) is 6.83. The Hall–Kier alpha value is -1.09. The van der Waals surface area contributed by atoms with Crippen LogP contribution in [0.25, 0.3) is 0 Å². The number of nitrogens with zero attached hydrogens (tertiary/aromatic N) is 1. The minimum atomic E-state index is -0.169. The first-order chi connectivity index (χ1) is 7.40. The molecule has 0 bridgehead atoms. The average Bonchev–Trinajstić information content (AvgIpc) is 2.16. The molecule has 0 aliphatic rings. The Labute approximate surface area is 97.3 Å². The minimum Gasteiger partial charge on any atom is -0.372 e. The molecular weight excluding hydrogens is 203 g/mol. The first-order valence-corrected chi connectivity index (χ1v) is 5.65. The quantitative estimate of drug-likeness (QED) is 0.833. The molecule has 0 aliphatic heterocycles. The number of halogens is 1. The lowest BCUT2D eigenvalue weighted by Crippen LogP contribution is -2.33. The van der Waals surface area contributed by atoms with Crippen LogP contribution in [-0.2, 0) is 0 Å². The third-order valence-corrected chi connectivity index (χ3v) is 2.58.